The van der Waals surface area contributed by atoms with Crippen molar-refractivity contribution in [3.8, 4) is 0 Å². The van der Waals surface area contributed by atoms with Gasteiger partial charge >= 0.3 is 12.1 Å². The Morgan fingerprint density at radius 2 is 1.47 bits per heavy atom. The zero-order valence-corrected chi connectivity index (χ0v) is 18.0. The van der Waals surface area contributed by atoms with E-state index in [1.807, 2.05) is 60.7 Å². The molecule has 0 bridgehead atoms. The molecule has 2 aromatic rings. The largest absolute Gasteiger partial charge is 0.480 e. The van der Waals surface area contributed by atoms with Gasteiger partial charge in [0.2, 0.25) is 5.91 Å². The van der Waals surface area contributed by atoms with Crippen molar-refractivity contribution in [2.45, 2.75) is 57.2 Å². The zero-order chi connectivity index (χ0) is 22.8. The van der Waals surface area contributed by atoms with Crippen LogP contribution in [0.1, 0.15) is 43.2 Å². The van der Waals surface area contributed by atoms with E-state index in [2.05, 4.69) is 10.6 Å². The van der Waals surface area contributed by atoms with Gasteiger partial charge in [0.25, 0.3) is 0 Å². The molecule has 170 valence electrons. The molecule has 7 nitrogen and oxygen atoms in total. The van der Waals surface area contributed by atoms with Crippen LogP contribution in [-0.2, 0) is 27.4 Å². The van der Waals surface area contributed by atoms with Gasteiger partial charge in [-0.3, -0.25) is 4.79 Å². The minimum Gasteiger partial charge on any atom is -0.480 e. The molecule has 2 amide bonds. The van der Waals surface area contributed by atoms with Crippen molar-refractivity contribution < 1.29 is 24.2 Å². The number of ether oxygens (including phenoxy) is 1. The maximum atomic E-state index is 13.1. The lowest BCUT2D eigenvalue weighted by atomic mass is 9.83. The molecule has 0 unspecified atom stereocenters. The average Bonchev–Trinajstić information content (AvgIpc) is 2.82. The molecule has 3 rings (SSSR count). The van der Waals surface area contributed by atoms with Crippen LogP contribution < -0.4 is 10.6 Å². The first-order valence-corrected chi connectivity index (χ1v) is 11.1. The van der Waals surface area contributed by atoms with Crippen molar-refractivity contribution in [2.24, 2.45) is 5.92 Å². The van der Waals surface area contributed by atoms with E-state index in [9.17, 15) is 19.5 Å². The van der Waals surface area contributed by atoms with E-state index in [-0.39, 0.29) is 18.9 Å². The van der Waals surface area contributed by atoms with Crippen molar-refractivity contribution >= 4 is 18.0 Å². The third-order valence-electron chi connectivity index (χ3n) is 5.79. The second-order valence-electron chi connectivity index (χ2n) is 8.17. The number of rotatable bonds is 9. The van der Waals surface area contributed by atoms with E-state index < -0.39 is 30.1 Å². The molecule has 0 heterocycles. The first-order chi connectivity index (χ1) is 15.5. The number of carboxylic acid groups (broad SMARTS) is 1. The third-order valence-corrected chi connectivity index (χ3v) is 5.79. The Labute approximate surface area is 188 Å². The van der Waals surface area contributed by atoms with Gasteiger partial charge in [-0.2, -0.15) is 0 Å². The van der Waals surface area contributed by atoms with Crippen molar-refractivity contribution in [3.05, 3.63) is 71.8 Å². The van der Waals surface area contributed by atoms with Crippen molar-refractivity contribution in [1.29, 1.82) is 0 Å². The molecule has 3 N–H and O–H groups in total. The van der Waals surface area contributed by atoms with E-state index in [0.29, 0.717) is 0 Å². The van der Waals surface area contributed by atoms with Crippen LogP contribution in [0.4, 0.5) is 4.79 Å². The van der Waals surface area contributed by atoms with Gasteiger partial charge in [-0.05, 0) is 29.9 Å². The standard InChI is InChI=1S/C25H30N2O5/c28-23(27-22(24(29)30)20-14-8-3-9-15-20)21(16-18-10-4-1-5-11-18)26-25(31)32-17-19-12-6-2-7-13-19/h1-2,4-7,10-13,20-22H,3,8-9,14-17H2,(H,26,31)(H,27,28)(H,29,30)/t21-,22-/m1/s1. The summed E-state index contributed by atoms with van der Waals surface area (Å²) in [5, 5.41) is 15.0. The number of aliphatic carboxylic acids is 1. The van der Waals surface area contributed by atoms with Crippen LogP contribution in [0.3, 0.4) is 0 Å². The van der Waals surface area contributed by atoms with E-state index in [1.54, 1.807) is 0 Å². The van der Waals surface area contributed by atoms with Crippen LogP contribution in [-0.4, -0.2) is 35.2 Å². The molecule has 0 saturated heterocycles. The van der Waals surface area contributed by atoms with Crippen molar-refractivity contribution in [3.63, 3.8) is 0 Å². The highest BCUT2D eigenvalue weighted by Crippen LogP contribution is 2.26. The molecule has 2 aromatic carbocycles. The topological polar surface area (TPSA) is 105 Å². The van der Waals surface area contributed by atoms with Gasteiger partial charge in [0.1, 0.15) is 18.7 Å². The molecule has 1 aliphatic rings. The highest BCUT2D eigenvalue weighted by atomic mass is 16.5. The first kappa shape index (κ1) is 23.3. The summed E-state index contributed by atoms with van der Waals surface area (Å²) in [5.41, 5.74) is 1.68. The minimum absolute atomic E-state index is 0.0756. The Morgan fingerprint density at radius 1 is 0.875 bits per heavy atom. The maximum absolute atomic E-state index is 13.1. The molecule has 0 radical (unpaired) electrons. The summed E-state index contributed by atoms with van der Waals surface area (Å²) in [4.78, 5) is 37.4. The van der Waals surface area contributed by atoms with Crippen LogP contribution in [0.25, 0.3) is 0 Å². The fraction of sp³-hybridized carbons (Fsp3) is 0.400. The van der Waals surface area contributed by atoms with E-state index in [4.69, 9.17) is 4.74 Å². The number of benzene rings is 2. The van der Waals surface area contributed by atoms with Gasteiger partial charge < -0.3 is 20.5 Å². The number of hydrogen-bond acceptors (Lipinski definition) is 4. The third kappa shape index (κ3) is 7.11. The fourth-order valence-electron chi connectivity index (χ4n) is 4.07. The lowest BCUT2D eigenvalue weighted by Gasteiger charge is -2.29. The van der Waals surface area contributed by atoms with Gasteiger partial charge in [-0.25, -0.2) is 9.59 Å². The van der Waals surface area contributed by atoms with E-state index >= 15 is 0 Å². The Morgan fingerprint density at radius 3 is 2.06 bits per heavy atom. The smallest absolute Gasteiger partial charge is 0.408 e. The number of nitrogens with one attached hydrogen (secondary N) is 2. The van der Waals surface area contributed by atoms with Gasteiger partial charge in [-0.15, -0.1) is 0 Å². The highest BCUT2D eigenvalue weighted by Gasteiger charge is 2.33. The summed E-state index contributed by atoms with van der Waals surface area (Å²) in [6, 6.07) is 16.6. The zero-order valence-electron chi connectivity index (χ0n) is 18.0. The Kier molecular flexibility index (Phi) is 8.66. The van der Waals surface area contributed by atoms with E-state index in [0.717, 1.165) is 43.2 Å². The van der Waals surface area contributed by atoms with Crippen LogP contribution in [0.2, 0.25) is 0 Å². The number of carbonyl (C=O) groups excluding carboxylic acids is 2. The van der Waals surface area contributed by atoms with Crippen LogP contribution in [0.5, 0.6) is 0 Å². The Hall–Kier alpha value is -3.35. The summed E-state index contributed by atoms with van der Waals surface area (Å²) in [6.07, 6.45) is 4.05. The van der Waals surface area contributed by atoms with Crippen molar-refractivity contribution in [2.75, 3.05) is 0 Å². The summed E-state index contributed by atoms with van der Waals surface area (Å²) in [5.74, 6) is -1.67. The SMILES string of the molecule is O=C(N[C@H](Cc1ccccc1)C(=O)N[C@@H](C(=O)O)C1CCCCC1)OCc1ccccc1. The minimum atomic E-state index is -1.05. The maximum Gasteiger partial charge on any atom is 0.408 e. The first-order valence-electron chi connectivity index (χ1n) is 11.1. The lowest BCUT2D eigenvalue weighted by Crippen LogP contribution is -2.54. The molecule has 2 atom stereocenters. The normalized spacial score (nSPS) is 15.9. The number of amides is 2. The molecule has 0 aromatic heterocycles. The average molecular weight is 439 g/mol. The number of hydrogen-bond donors (Lipinski definition) is 3. The van der Waals surface area contributed by atoms with Crippen LogP contribution in [0.15, 0.2) is 60.7 Å². The molecular formula is C25H30N2O5. The number of carboxylic acids is 1. The molecular weight excluding hydrogens is 408 g/mol. The Balaban J connectivity index is 1.67. The second kappa shape index (κ2) is 11.9. The predicted molar refractivity (Wildman–Crippen MR) is 120 cm³/mol. The van der Waals surface area contributed by atoms with Gasteiger partial charge in [-0.1, -0.05) is 79.9 Å². The number of carbonyl (C=O) groups is 3. The summed E-state index contributed by atoms with van der Waals surface area (Å²) in [6.45, 7) is 0.0756. The molecule has 0 aliphatic heterocycles. The summed E-state index contributed by atoms with van der Waals surface area (Å²) >= 11 is 0. The van der Waals surface area contributed by atoms with E-state index in [1.165, 1.54) is 0 Å². The fourth-order valence-corrected chi connectivity index (χ4v) is 4.07. The molecule has 0 spiro atoms. The second-order valence-corrected chi connectivity index (χ2v) is 8.17. The molecule has 1 saturated carbocycles. The quantitative estimate of drug-likeness (QED) is 0.554. The number of alkyl carbamates (subject to hydrolysis) is 1. The molecule has 1 fully saturated rings. The highest BCUT2D eigenvalue weighted by molar-refractivity contribution is 5.89. The monoisotopic (exact) mass is 438 g/mol. The molecule has 1 aliphatic carbocycles. The van der Waals surface area contributed by atoms with Crippen LogP contribution in [0, 0.1) is 5.92 Å². The van der Waals surface area contributed by atoms with Crippen LogP contribution >= 0.6 is 0 Å². The molecule has 32 heavy (non-hydrogen) atoms. The van der Waals surface area contributed by atoms with Gasteiger partial charge in [0.15, 0.2) is 0 Å². The lowest BCUT2D eigenvalue weighted by molar-refractivity contribution is -0.144. The van der Waals surface area contributed by atoms with Crippen molar-refractivity contribution in [1.82, 2.24) is 10.6 Å². The summed E-state index contributed by atoms with van der Waals surface area (Å²) in [7, 11) is 0. The Bertz CT molecular complexity index is 882. The summed E-state index contributed by atoms with van der Waals surface area (Å²) < 4.78 is 5.27. The van der Waals surface area contributed by atoms with Gasteiger partial charge in [0.05, 0.1) is 0 Å². The van der Waals surface area contributed by atoms with Gasteiger partial charge in [0, 0.05) is 6.42 Å². The molecule has 7 heteroatoms. The predicted octanol–water partition coefficient (Wildman–Crippen LogP) is 3.67.